The molecule has 0 aromatic carbocycles. The molecule has 7 heteroatoms. The molecule has 124 valence electrons. The molecule has 0 spiro atoms. The lowest BCUT2D eigenvalue weighted by Gasteiger charge is -2.42. The third-order valence-electron chi connectivity index (χ3n) is 4.23. The first-order chi connectivity index (χ1) is 10.8. The quantitative estimate of drug-likeness (QED) is 0.773. The lowest BCUT2D eigenvalue weighted by atomic mass is 9.77. The number of rotatable bonds is 5. The van der Waals surface area contributed by atoms with Gasteiger partial charge in [0, 0.05) is 18.0 Å². The zero-order chi connectivity index (χ0) is 17.2. The molecule has 1 aliphatic rings. The molecule has 0 N–H and O–H groups in total. The molecule has 4 nitrogen and oxygen atoms in total. The summed E-state index contributed by atoms with van der Waals surface area (Å²) >= 11 is 0. The third kappa shape index (κ3) is 3.58. The largest absolute Gasteiger partial charge is 0.469 e. The number of carbonyl (C=O) groups excluding carboxylic acids is 1. The van der Waals surface area contributed by atoms with Crippen molar-refractivity contribution in [2.45, 2.75) is 44.9 Å². The molecular weight excluding hydrogens is 309 g/mol. The molecule has 1 aromatic heterocycles. The molecule has 2 rings (SSSR count). The van der Waals surface area contributed by atoms with Crippen LogP contribution in [0.15, 0.2) is 23.3 Å². The molecule has 1 amide bonds. The van der Waals surface area contributed by atoms with E-state index in [0.717, 1.165) is 6.08 Å². The summed E-state index contributed by atoms with van der Waals surface area (Å²) in [6, 6.07) is 1.90. The molecular formula is C16H17F3N2O2. The fourth-order valence-electron chi connectivity index (χ4n) is 2.84. The van der Waals surface area contributed by atoms with Gasteiger partial charge >= 0.3 is 6.18 Å². The van der Waals surface area contributed by atoms with Gasteiger partial charge in [-0.15, -0.1) is 0 Å². The van der Waals surface area contributed by atoms with Gasteiger partial charge < -0.3 is 9.32 Å². The van der Waals surface area contributed by atoms with Gasteiger partial charge in [0.1, 0.15) is 12.0 Å². The van der Waals surface area contributed by atoms with Gasteiger partial charge in [-0.05, 0) is 31.8 Å². The smallest absolute Gasteiger partial charge is 0.419 e. The number of furan rings is 1. The van der Waals surface area contributed by atoms with E-state index in [1.165, 1.54) is 11.8 Å². The molecule has 23 heavy (non-hydrogen) atoms. The fraction of sp³-hybridized carbons (Fsp3) is 0.500. The van der Waals surface area contributed by atoms with Gasteiger partial charge in [-0.2, -0.15) is 18.4 Å². The predicted molar refractivity (Wildman–Crippen MR) is 75.9 cm³/mol. The van der Waals surface area contributed by atoms with Crippen LogP contribution in [0.2, 0.25) is 0 Å². The van der Waals surface area contributed by atoms with Gasteiger partial charge in [-0.3, -0.25) is 4.79 Å². The summed E-state index contributed by atoms with van der Waals surface area (Å²) in [5, 5.41) is 8.67. The van der Waals surface area contributed by atoms with Gasteiger partial charge in [-0.25, -0.2) is 0 Å². The molecule has 0 bridgehead atoms. The van der Waals surface area contributed by atoms with E-state index < -0.39 is 17.6 Å². The molecule has 0 unspecified atom stereocenters. The second kappa shape index (κ2) is 6.49. The number of aryl methyl sites for hydroxylation is 1. The minimum Gasteiger partial charge on any atom is -0.469 e. The highest BCUT2D eigenvalue weighted by atomic mass is 19.4. The standard InChI is InChI=1S/C16H17F3N2O2/c1-3-15(22)21(12-6-11(7-12)4-5-20)8-13-10(2)23-9-14(13)16(17,18)19/h3,9,11-12H,1,4,6-8H2,2H3. The Labute approximate surface area is 132 Å². The molecule has 1 saturated carbocycles. The molecule has 0 atom stereocenters. The maximum absolute atomic E-state index is 13.0. The summed E-state index contributed by atoms with van der Waals surface area (Å²) in [5.74, 6) is -0.0798. The average molecular weight is 326 g/mol. The van der Waals surface area contributed by atoms with Gasteiger partial charge in [-0.1, -0.05) is 6.58 Å². The van der Waals surface area contributed by atoms with Crippen LogP contribution in [0.5, 0.6) is 0 Å². The van der Waals surface area contributed by atoms with Crippen molar-refractivity contribution < 1.29 is 22.4 Å². The second-order valence-electron chi connectivity index (χ2n) is 5.71. The summed E-state index contributed by atoms with van der Waals surface area (Å²) < 4.78 is 44.0. The van der Waals surface area contributed by atoms with Crippen molar-refractivity contribution >= 4 is 5.91 Å². The van der Waals surface area contributed by atoms with E-state index in [4.69, 9.17) is 9.68 Å². The Morgan fingerprint density at radius 3 is 2.74 bits per heavy atom. The van der Waals surface area contributed by atoms with Gasteiger partial charge in [0.15, 0.2) is 0 Å². The van der Waals surface area contributed by atoms with Crippen LogP contribution < -0.4 is 0 Å². The first-order valence-corrected chi connectivity index (χ1v) is 7.22. The first-order valence-electron chi connectivity index (χ1n) is 7.22. The van der Waals surface area contributed by atoms with Crippen molar-refractivity contribution in [3.05, 3.63) is 35.8 Å². The maximum atomic E-state index is 13.0. The number of hydrogen-bond donors (Lipinski definition) is 0. The van der Waals surface area contributed by atoms with Crippen molar-refractivity contribution in [3.63, 3.8) is 0 Å². The third-order valence-corrected chi connectivity index (χ3v) is 4.23. The highest BCUT2D eigenvalue weighted by molar-refractivity contribution is 5.87. The van der Waals surface area contributed by atoms with Crippen LogP contribution in [0.3, 0.4) is 0 Å². The maximum Gasteiger partial charge on any atom is 0.419 e. The van der Waals surface area contributed by atoms with Crippen LogP contribution in [0, 0.1) is 24.2 Å². The van der Waals surface area contributed by atoms with Crippen molar-refractivity contribution in [2.24, 2.45) is 5.92 Å². The van der Waals surface area contributed by atoms with E-state index in [2.05, 4.69) is 12.6 Å². The van der Waals surface area contributed by atoms with E-state index in [9.17, 15) is 18.0 Å². The van der Waals surface area contributed by atoms with E-state index >= 15 is 0 Å². The molecule has 0 radical (unpaired) electrons. The van der Waals surface area contributed by atoms with Crippen LogP contribution in [-0.4, -0.2) is 16.8 Å². The number of amides is 1. The zero-order valence-corrected chi connectivity index (χ0v) is 12.7. The van der Waals surface area contributed by atoms with Gasteiger partial charge in [0.2, 0.25) is 5.91 Å². The topological polar surface area (TPSA) is 57.2 Å². The van der Waals surface area contributed by atoms with Crippen molar-refractivity contribution in [3.8, 4) is 6.07 Å². The number of carbonyl (C=O) groups is 1. The predicted octanol–water partition coefficient (Wildman–Crippen LogP) is 3.81. The van der Waals surface area contributed by atoms with Crippen LogP contribution in [0.25, 0.3) is 0 Å². The number of nitrogens with zero attached hydrogens (tertiary/aromatic N) is 2. The molecule has 1 aromatic rings. The first kappa shape index (κ1) is 17.1. The van der Waals surface area contributed by atoms with Crippen molar-refractivity contribution in [2.75, 3.05) is 0 Å². The van der Waals surface area contributed by atoms with E-state index in [1.807, 2.05) is 0 Å². The zero-order valence-electron chi connectivity index (χ0n) is 12.7. The Bertz CT molecular complexity index is 637. The molecule has 0 aliphatic heterocycles. The Morgan fingerprint density at radius 1 is 1.57 bits per heavy atom. The van der Waals surface area contributed by atoms with Crippen LogP contribution in [0.4, 0.5) is 13.2 Å². The summed E-state index contributed by atoms with van der Waals surface area (Å²) in [6.45, 7) is 4.68. The molecule has 1 heterocycles. The number of halogens is 3. The summed E-state index contributed by atoms with van der Waals surface area (Å²) in [5.41, 5.74) is -0.888. The Balaban J connectivity index is 2.20. The highest BCUT2D eigenvalue weighted by Crippen LogP contribution is 2.38. The molecule has 1 aliphatic carbocycles. The second-order valence-corrected chi connectivity index (χ2v) is 5.71. The summed E-state index contributed by atoms with van der Waals surface area (Å²) in [7, 11) is 0. The Morgan fingerprint density at radius 2 is 2.22 bits per heavy atom. The minimum atomic E-state index is -4.53. The van der Waals surface area contributed by atoms with E-state index in [-0.39, 0.29) is 29.8 Å². The minimum absolute atomic E-state index is 0.0311. The lowest BCUT2D eigenvalue weighted by molar-refractivity contribution is -0.140. The number of hydrogen-bond acceptors (Lipinski definition) is 3. The lowest BCUT2D eigenvalue weighted by Crippen LogP contribution is -2.47. The summed E-state index contributed by atoms with van der Waals surface area (Å²) in [6.07, 6.45) is -1.12. The van der Waals surface area contributed by atoms with Crippen molar-refractivity contribution in [1.29, 1.82) is 5.26 Å². The SMILES string of the molecule is C=CC(=O)N(Cc1c(C(F)(F)F)coc1C)C1CC(CC#N)C1. The Hall–Kier alpha value is -2.23. The number of alkyl halides is 3. The Kier molecular flexibility index (Phi) is 4.83. The van der Waals surface area contributed by atoms with Gasteiger partial charge in [0.05, 0.1) is 18.2 Å². The van der Waals surface area contributed by atoms with E-state index in [1.54, 1.807) is 0 Å². The van der Waals surface area contributed by atoms with E-state index in [0.29, 0.717) is 25.5 Å². The molecule has 0 saturated heterocycles. The van der Waals surface area contributed by atoms with Gasteiger partial charge in [0.25, 0.3) is 0 Å². The van der Waals surface area contributed by atoms with Crippen LogP contribution in [0.1, 0.15) is 36.1 Å². The highest BCUT2D eigenvalue weighted by Gasteiger charge is 2.40. The van der Waals surface area contributed by atoms with Crippen molar-refractivity contribution in [1.82, 2.24) is 4.90 Å². The average Bonchev–Trinajstić information content (AvgIpc) is 2.80. The normalized spacial score (nSPS) is 20.5. The molecule has 1 fully saturated rings. The number of nitriles is 1. The fourth-order valence-corrected chi connectivity index (χ4v) is 2.84. The monoisotopic (exact) mass is 326 g/mol. The van der Waals surface area contributed by atoms with Crippen LogP contribution in [-0.2, 0) is 17.5 Å². The summed E-state index contributed by atoms with van der Waals surface area (Å²) in [4.78, 5) is 13.4. The van der Waals surface area contributed by atoms with Crippen LogP contribution >= 0.6 is 0 Å².